The molecule has 3 rings (SSSR count). The van der Waals surface area contributed by atoms with Crippen LogP contribution in [0.25, 0.3) is 0 Å². The summed E-state index contributed by atoms with van der Waals surface area (Å²) in [5.74, 6) is -0.518. The number of nitrogens with zero attached hydrogens (tertiary/aromatic N) is 1. The highest BCUT2D eigenvalue weighted by molar-refractivity contribution is 9.10. The molecule has 0 saturated heterocycles. The summed E-state index contributed by atoms with van der Waals surface area (Å²) in [7, 11) is 0. The van der Waals surface area contributed by atoms with Crippen LogP contribution in [0.2, 0.25) is 5.02 Å². The van der Waals surface area contributed by atoms with Gasteiger partial charge in [0.05, 0.1) is 17.8 Å². The predicted molar refractivity (Wildman–Crippen MR) is 109 cm³/mol. The SMILES string of the molecule is CC(O)c1cc(NC(=O)N2C=CC(=O)C[C@H]2c2ccc(F)cc2)c(Br)cc1Cl. The largest absolute Gasteiger partial charge is 0.389 e. The van der Waals surface area contributed by atoms with Crippen LogP contribution in [0.4, 0.5) is 14.9 Å². The number of benzene rings is 2. The molecule has 0 spiro atoms. The van der Waals surface area contributed by atoms with Crippen LogP contribution in [0.5, 0.6) is 0 Å². The third-order valence-corrected chi connectivity index (χ3v) is 5.40. The predicted octanol–water partition coefficient (Wildman–Crippen LogP) is 5.36. The van der Waals surface area contributed by atoms with Gasteiger partial charge in [-0.15, -0.1) is 0 Å². The molecule has 28 heavy (non-hydrogen) atoms. The normalized spacial score (nSPS) is 17.5. The lowest BCUT2D eigenvalue weighted by Gasteiger charge is -2.31. The van der Waals surface area contributed by atoms with Crippen molar-refractivity contribution in [3.63, 3.8) is 0 Å². The molecule has 0 aromatic heterocycles. The second-order valence-corrected chi connectivity index (χ2v) is 7.68. The van der Waals surface area contributed by atoms with Crippen LogP contribution in [0.15, 0.2) is 53.1 Å². The fourth-order valence-electron chi connectivity index (χ4n) is 2.96. The number of carbonyl (C=O) groups is 2. The van der Waals surface area contributed by atoms with E-state index in [9.17, 15) is 19.1 Å². The van der Waals surface area contributed by atoms with E-state index in [-0.39, 0.29) is 12.2 Å². The van der Waals surface area contributed by atoms with Gasteiger partial charge in [0.1, 0.15) is 5.82 Å². The number of hydrogen-bond donors (Lipinski definition) is 2. The van der Waals surface area contributed by atoms with E-state index in [4.69, 9.17) is 11.6 Å². The van der Waals surface area contributed by atoms with E-state index in [0.717, 1.165) is 0 Å². The van der Waals surface area contributed by atoms with E-state index in [1.807, 2.05) is 0 Å². The van der Waals surface area contributed by atoms with E-state index >= 15 is 0 Å². The van der Waals surface area contributed by atoms with Gasteiger partial charge in [-0.2, -0.15) is 0 Å². The highest BCUT2D eigenvalue weighted by atomic mass is 79.9. The van der Waals surface area contributed by atoms with Crippen LogP contribution in [0.3, 0.4) is 0 Å². The maximum atomic E-state index is 13.2. The maximum Gasteiger partial charge on any atom is 0.326 e. The quantitative estimate of drug-likeness (QED) is 0.639. The van der Waals surface area contributed by atoms with Gasteiger partial charge in [0.25, 0.3) is 0 Å². The van der Waals surface area contributed by atoms with Gasteiger partial charge in [0, 0.05) is 27.7 Å². The molecule has 0 bridgehead atoms. The van der Waals surface area contributed by atoms with E-state index in [2.05, 4.69) is 21.2 Å². The molecule has 0 saturated carbocycles. The Bertz CT molecular complexity index is 947. The molecule has 0 fully saturated rings. The minimum Gasteiger partial charge on any atom is -0.389 e. The minimum atomic E-state index is -0.810. The molecule has 2 amide bonds. The van der Waals surface area contributed by atoms with E-state index < -0.39 is 24.0 Å². The molecule has 1 heterocycles. The first-order valence-electron chi connectivity index (χ1n) is 8.49. The Morgan fingerprint density at radius 1 is 1.36 bits per heavy atom. The molecule has 0 radical (unpaired) electrons. The smallest absolute Gasteiger partial charge is 0.326 e. The van der Waals surface area contributed by atoms with Gasteiger partial charge in [-0.1, -0.05) is 23.7 Å². The van der Waals surface area contributed by atoms with E-state index in [1.54, 1.807) is 31.2 Å². The number of hydrogen-bond acceptors (Lipinski definition) is 3. The number of rotatable bonds is 3. The number of aliphatic hydroxyl groups excluding tert-OH is 1. The fourth-order valence-corrected chi connectivity index (χ4v) is 3.85. The molecular formula is C20H17BrClFN2O3. The standard InChI is InChI=1S/C20H17BrClFN2O3/c1-11(26)15-9-18(16(21)10-17(15)22)24-20(28)25-7-6-14(27)8-19(25)12-2-4-13(23)5-3-12/h2-7,9-11,19,26H,8H2,1H3,(H,24,28)/t11?,19-/m0/s1. The van der Waals surface area contributed by atoms with Crippen LogP contribution in [-0.2, 0) is 4.79 Å². The number of carbonyl (C=O) groups excluding carboxylic acids is 2. The number of allylic oxidation sites excluding steroid dienone is 1. The average Bonchev–Trinajstić information content (AvgIpc) is 2.64. The second kappa shape index (κ2) is 8.43. The van der Waals surface area contributed by atoms with Crippen molar-refractivity contribution < 1.29 is 19.1 Å². The van der Waals surface area contributed by atoms with Crippen LogP contribution in [-0.4, -0.2) is 21.8 Å². The van der Waals surface area contributed by atoms with Crippen molar-refractivity contribution in [1.82, 2.24) is 4.90 Å². The number of urea groups is 1. The van der Waals surface area contributed by atoms with Crippen LogP contribution < -0.4 is 5.32 Å². The number of aliphatic hydroxyl groups is 1. The molecule has 2 N–H and O–H groups in total. The first-order valence-corrected chi connectivity index (χ1v) is 9.66. The summed E-state index contributed by atoms with van der Waals surface area (Å²) in [6.45, 7) is 1.57. The summed E-state index contributed by atoms with van der Waals surface area (Å²) in [5.41, 5.74) is 1.54. The van der Waals surface area contributed by atoms with Gasteiger partial charge in [-0.3, -0.25) is 9.69 Å². The number of nitrogens with one attached hydrogen (secondary N) is 1. The van der Waals surface area contributed by atoms with E-state index in [0.29, 0.717) is 26.3 Å². The van der Waals surface area contributed by atoms with Crippen LogP contribution in [0.1, 0.15) is 36.6 Å². The van der Waals surface area contributed by atoms with Crippen molar-refractivity contribution in [3.05, 3.63) is 75.1 Å². The lowest BCUT2D eigenvalue weighted by atomic mass is 9.97. The molecule has 2 aromatic carbocycles. The maximum absolute atomic E-state index is 13.2. The van der Waals surface area contributed by atoms with Crippen molar-refractivity contribution in [1.29, 1.82) is 0 Å². The summed E-state index contributed by atoms with van der Waals surface area (Å²) in [4.78, 5) is 26.2. The Hall–Kier alpha value is -2.22. The summed E-state index contributed by atoms with van der Waals surface area (Å²) < 4.78 is 13.8. The summed E-state index contributed by atoms with van der Waals surface area (Å²) in [6, 6.07) is 7.83. The van der Waals surface area contributed by atoms with Gasteiger partial charge < -0.3 is 10.4 Å². The van der Waals surface area contributed by atoms with Crippen molar-refractivity contribution in [2.75, 3.05) is 5.32 Å². The number of amides is 2. The molecule has 146 valence electrons. The molecule has 1 aliphatic heterocycles. The van der Waals surface area contributed by atoms with Gasteiger partial charge in [-0.05, 0) is 58.8 Å². The Kier molecular flexibility index (Phi) is 6.17. The highest BCUT2D eigenvalue weighted by Crippen LogP contribution is 2.34. The first-order chi connectivity index (χ1) is 13.3. The Balaban J connectivity index is 1.89. The first kappa shape index (κ1) is 20.5. The zero-order chi connectivity index (χ0) is 20.4. The second-order valence-electron chi connectivity index (χ2n) is 6.42. The molecule has 0 aliphatic carbocycles. The summed E-state index contributed by atoms with van der Waals surface area (Å²) in [5, 5.41) is 13.0. The zero-order valence-electron chi connectivity index (χ0n) is 14.8. The van der Waals surface area contributed by atoms with Gasteiger partial charge in [0.15, 0.2) is 5.78 Å². The zero-order valence-corrected chi connectivity index (χ0v) is 17.2. The minimum absolute atomic E-state index is 0.0935. The topological polar surface area (TPSA) is 69.6 Å². The lowest BCUT2D eigenvalue weighted by molar-refractivity contribution is -0.116. The summed E-state index contributed by atoms with van der Waals surface area (Å²) >= 11 is 9.47. The monoisotopic (exact) mass is 466 g/mol. The molecule has 2 atom stereocenters. The third-order valence-electron chi connectivity index (χ3n) is 4.42. The van der Waals surface area contributed by atoms with Crippen LogP contribution in [0, 0.1) is 5.82 Å². The van der Waals surface area contributed by atoms with Gasteiger partial charge in [-0.25, -0.2) is 9.18 Å². The molecular weight excluding hydrogens is 451 g/mol. The number of halogens is 3. The highest BCUT2D eigenvalue weighted by Gasteiger charge is 2.29. The molecule has 8 heteroatoms. The lowest BCUT2D eigenvalue weighted by Crippen LogP contribution is -2.37. The van der Waals surface area contributed by atoms with Crippen molar-refractivity contribution in [3.8, 4) is 0 Å². The number of ketones is 1. The fraction of sp³-hybridized carbons (Fsp3) is 0.200. The molecule has 1 unspecified atom stereocenters. The summed E-state index contributed by atoms with van der Waals surface area (Å²) in [6.07, 6.45) is 2.03. The van der Waals surface area contributed by atoms with Crippen molar-refractivity contribution in [2.24, 2.45) is 0 Å². The third kappa shape index (κ3) is 4.43. The van der Waals surface area contributed by atoms with Gasteiger partial charge in [0.2, 0.25) is 0 Å². The molecule has 5 nitrogen and oxygen atoms in total. The van der Waals surface area contributed by atoms with Gasteiger partial charge >= 0.3 is 6.03 Å². The van der Waals surface area contributed by atoms with Crippen molar-refractivity contribution >= 4 is 45.0 Å². The average molecular weight is 468 g/mol. The molecule has 2 aromatic rings. The van der Waals surface area contributed by atoms with E-state index in [1.165, 1.54) is 29.3 Å². The number of anilines is 1. The Labute approximate surface area is 174 Å². The van der Waals surface area contributed by atoms with Crippen LogP contribution >= 0.6 is 27.5 Å². The molecule has 1 aliphatic rings. The van der Waals surface area contributed by atoms with Crippen molar-refractivity contribution in [2.45, 2.75) is 25.5 Å². The Morgan fingerprint density at radius 3 is 2.68 bits per heavy atom. The Morgan fingerprint density at radius 2 is 2.04 bits per heavy atom.